The molecule has 0 aromatic heterocycles. The number of phosphoric acid groups is 1. The van der Waals surface area contributed by atoms with Crippen molar-refractivity contribution in [3.8, 4) is 0 Å². The van der Waals surface area contributed by atoms with Gasteiger partial charge in [0.25, 0.3) is 0 Å². The average Bonchev–Trinajstić information content (AvgIpc) is 1.83. The van der Waals surface area contributed by atoms with Crippen LogP contribution < -0.4 is 0 Å². The van der Waals surface area contributed by atoms with Crippen LogP contribution in [0, 0.1) is 0 Å². The van der Waals surface area contributed by atoms with Crippen molar-refractivity contribution in [1.29, 1.82) is 0 Å². The van der Waals surface area contributed by atoms with Crippen LogP contribution >= 0.6 is 7.82 Å². The first-order chi connectivity index (χ1) is 5.37. The Morgan fingerprint density at radius 3 is 2.33 bits per heavy atom. The van der Waals surface area contributed by atoms with E-state index in [1.54, 1.807) is 6.92 Å². The Labute approximate surface area is 68.7 Å². The molecular weight excluding hydrogens is 187 g/mol. The third kappa shape index (κ3) is 4.90. The highest BCUT2D eigenvalue weighted by Gasteiger charge is 2.21. The second-order valence-corrected chi connectivity index (χ2v) is 3.03. The lowest BCUT2D eigenvalue weighted by Gasteiger charge is -2.05. The molecule has 3 N–H and O–H groups in total. The zero-order chi connectivity index (χ0) is 9.78. The van der Waals surface area contributed by atoms with Crippen LogP contribution in [-0.2, 0) is 13.9 Å². The van der Waals surface area contributed by atoms with Gasteiger partial charge in [0.15, 0.2) is 0 Å². The summed E-state index contributed by atoms with van der Waals surface area (Å²) >= 11 is 0. The van der Waals surface area contributed by atoms with Gasteiger partial charge in [-0.05, 0) is 12.5 Å². The van der Waals surface area contributed by atoms with Crippen LogP contribution in [0.3, 0.4) is 0 Å². The maximum atomic E-state index is 10.2. The minimum atomic E-state index is -4.75. The highest BCUT2D eigenvalue weighted by Crippen LogP contribution is 2.38. The van der Waals surface area contributed by atoms with Crippen LogP contribution in [0.25, 0.3) is 0 Å². The van der Waals surface area contributed by atoms with E-state index >= 15 is 0 Å². The molecule has 0 saturated heterocycles. The summed E-state index contributed by atoms with van der Waals surface area (Å²) in [7, 11) is -4.75. The maximum absolute atomic E-state index is 10.2. The Hall–Kier alpha value is -0.840. The molecule has 7 heteroatoms. The predicted molar refractivity (Wildman–Crippen MR) is 39.1 cm³/mol. The second-order valence-electron chi connectivity index (χ2n) is 1.86. The molecule has 0 aromatic rings. The zero-order valence-corrected chi connectivity index (χ0v) is 7.19. The van der Waals surface area contributed by atoms with E-state index < -0.39 is 19.6 Å². The summed E-state index contributed by atoms with van der Waals surface area (Å²) < 4.78 is 14.1. The molecule has 0 amide bonds. The molecule has 0 fully saturated rings. The van der Waals surface area contributed by atoms with E-state index in [1.807, 2.05) is 0 Å². The Morgan fingerprint density at radius 2 is 2.08 bits per heavy atom. The molecular formula is C5H9O6P. The topological polar surface area (TPSA) is 104 Å². The highest BCUT2D eigenvalue weighted by atomic mass is 31.2. The summed E-state index contributed by atoms with van der Waals surface area (Å²) in [5.74, 6) is -2.23. The molecule has 0 heterocycles. The van der Waals surface area contributed by atoms with Crippen LogP contribution in [-0.4, -0.2) is 20.9 Å². The van der Waals surface area contributed by atoms with Gasteiger partial charge in [0.2, 0.25) is 5.76 Å². The Kier molecular flexibility index (Phi) is 3.95. The molecule has 0 saturated carbocycles. The van der Waals surface area contributed by atoms with Crippen molar-refractivity contribution in [2.75, 3.05) is 0 Å². The van der Waals surface area contributed by atoms with Gasteiger partial charge in [-0.15, -0.1) is 0 Å². The van der Waals surface area contributed by atoms with Gasteiger partial charge in [-0.3, -0.25) is 9.79 Å². The Morgan fingerprint density at radius 1 is 1.58 bits per heavy atom. The second kappa shape index (κ2) is 4.25. The van der Waals surface area contributed by atoms with Crippen LogP contribution in [0.15, 0.2) is 11.8 Å². The van der Waals surface area contributed by atoms with Crippen LogP contribution in [0.4, 0.5) is 0 Å². The van der Waals surface area contributed by atoms with Gasteiger partial charge in [0.1, 0.15) is 0 Å². The average molecular weight is 196 g/mol. The monoisotopic (exact) mass is 196 g/mol. The molecule has 0 aliphatic rings. The standard InChI is InChI=1S/C5H9O6P/c1-2-3-4(5(6)7)11-12(8,9)10/h3H,2H2,1H3,(H,6,7)(H2,8,9,10). The van der Waals surface area contributed by atoms with Crippen LogP contribution in [0.1, 0.15) is 13.3 Å². The lowest BCUT2D eigenvalue weighted by molar-refractivity contribution is -0.135. The number of phosphoric ester groups is 1. The van der Waals surface area contributed by atoms with Crippen molar-refractivity contribution in [1.82, 2.24) is 0 Å². The van der Waals surface area contributed by atoms with E-state index in [0.29, 0.717) is 6.42 Å². The summed E-state index contributed by atoms with van der Waals surface area (Å²) in [5, 5.41) is 8.33. The van der Waals surface area contributed by atoms with E-state index in [9.17, 15) is 9.36 Å². The number of hydrogen-bond acceptors (Lipinski definition) is 3. The first-order valence-electron chi connectivity index (χ1n) is 3.05. The van der Waals surface area contributed by atoms with Crippen LogP contribution in [0.2, 0.25) is 0 Å². The van der Waals surface area contributed by atoms with Gasteiger partial charge >= 0.3 is 13.8 Å². The number of hydrogen-bond donors (Lipinski definition) is 3. The Balaban J connectivity index is 4.47. The highest BCUT2D eigenvalue weighted by molar-refractivity contribution is 7.46. The summed E-state index contributed by atoms with van der Waals surface area (Å²) in [6, 6.07) is 0. The van der Waals surface area contributed by atoms with Gasteiger partial charge in [-0.25, -0.2) is 9.36 Å². The van der Waals surface area contributed by atoms with Gasteiger partial charge in [0, 0.05) is 0 Å². The number of carbonyl (C=O) groups is 1. The minimum Gasteiger partial charge on any atom is -0.475 e. The molecule has 6 nitrogen and oxygen atoms in total. The summed E-state index contributed by atoms with van der Waals surface area (Å²) in [6.45, 7) is 1.62. The number of carboxylic acid groups (broad SMARTS) is 1. The molecule has 0 unspecified atom stereocenters. The zero-order valence-electron chi connectivity index (χ0n) is 6.30. The predicted octanol–water partition coefficient (Wildman–Crippen LogP) is 0.474. The van der Waals surface area contributed by atoms with Crippen molar-refractivity contribution in [2.45, 2.75) is 13.3 Å². The smallest absolute Gasteiger partial charge is 0.475 e. The molecule has 12 heavy (non-hydrogen) atoms. The first-order valence-corrected chi connectivity index (χ1v) is 4.58. The first kappa shape index (κ1) is 11.2. The molecule has 70 valence electrons. The van der Waals surface area contributed by atoms with E-state index in [1.165, 1.54) is 0 Å². The summed E-state index contributed by atoms with van der Waals surface area (Å²) in [4.78, 5) is 26.7. The fraction of sp³-hybridized carbons (Fsp3) is 0.400. The number of rotatable bonds is 4. The molecule has 0 aliphatic heterocycles. The minimum absolute atomic E-state index is 0.321. The van der Waals surface area contributed by atoms with E-state index in [2.05, 4.69) is 4.52 Å². The molecule has 0 radical (unpaired) electrons. The van der Waals surface area contributed by atoms with Crippen LogP contribution in [0.5, 0.6) is 0 Å². The van der Waals surface area contributed by atoms with E-state index in [0.717, 1.165) is 6.08 Å². The summed E-state index contributed by atoms with van der Waals surface area (Å²) in [6.07, 6.45) is 1.39. The summed E-state index contributed by atoms with van der Waals surface area (Å²) in [5.41, 5.74) is 0. The van der Waals surface area contributed by atoms with Crippen molar-refractivity contribution in [3.05, 3.63) is 11.8 Å². The third-order valence-electron chi connectivity index (χ3n) is 0.818. The Bertz CT molecular complexity index is 238. The molecule has 0 aliphatic carbocycles. The molecule has 0 bridgehead atoms. The molecule has 0 spiro atoms. The fourth-order valence-electron chi connectivity index (χ4n) is 0.477. The number of allylic oxidation sites excluding steroid dienone is 1. The molecule has 0 rings (SSSR count). The lowest BCUT2D eigenvalue weighted by Crippen LogP contribution is -2.03. The van der Waals surface area contributed by atoms with Gasteiger partial charge in [-0.1, -0.05) is 6.92 Å². The normalized spacial score (nSPS) is 12.8. The largest absolute Gasteiger partial charge is 0.525 e. The molecule has 0 aromatic carbocycles. The van der Waals surface area contributed by atoms with E-state index in [-0.39, 0.29) is 0 Å². The number of carboxylic acids is 1. The van der Waals surface area contributed by atoms with E-state index in [4.69, 9.17) is 14.9 Å². The van der Waals surface area contributed by atoms with Crippen molar-refractivity contribution in [2.24, 2.45) is 0 Å². The third-order valence-corrected chi connectivity index (χ3v) is 1.25. The lowest BCUT2D eigenvalue weighted by atomic mass is 10.4. The fourth-order valence-corrected chi connectivity index (χ4v) is 0.886. The molecule has 0 atom stereocenters. The number of aliphatic carboxylic acids is 1. The van der Waals surface area contributed by atoms with Gasteiger partial charge in [-0.2, -0.15) is 0 Å². The van der Waals surface area contributed by atoms with Gasteiger partial charge < -0.3 is 9.63 Å². The van der Waals surface area contributed by atoms with Gasteiger partial charge in [0.05, 0.1) is 0 Å². The SMILES string of the molecule is CCC=C(OP(=O)(O)O)C(=O)O. The van der Waals surface area contributed by atoms with Crippen molar-refractivity contribution < 1.29 is 28.8 Å². The maximum Gasteiger partial charge on any atom is 0.525 e. The van der Waals surface area contributed by atoms with Crippen molar-refractivity contribution >= 4 is 13.8 Å². The quantitative estimate of drug-likeness (QED) is 0.343. The van der Waals surface area contributed by atoms with Crippen molar-refractivity contribution in [3.63, 3.8) is 0 Å².